The first-order chi connectivity index (χ1) is 6.59. The molecule has 3 atom stereocenters. The van der Waals surface area contributed by atoms with Gasteiger partial charge < -0.3 is 10.4 Å². The lowest BCUT2D eigenvalue weighted by Gasteiger charge is -2.20. The van der Waals surface area contributed by atoms with Crippen molar-refractivity contribution in [3.63, 3.8) is 0 Å². The Morgan fingerprint density at radius 1 is 1.43 bits per heavy atom. The van der Waals surface area contributed by atoms with Crippen LogP contribution in [0, 0.1) is 0 Å². The zero-order valence-electron chi connectivity index (χ0n) is 9.03. The van der Waals surface area contributed by atoms with E-state index in [1.807, 2.05) is 6.92 Å². The molecular formula is C11H19NOS. The van der Waals surface area contributed by atoms with Gasteiger partial charge in [-0.1, -0.05) is 6.07 Å². The lowest BCUT2D eigenvalue weighted by Crippen LogP contribution is -2.31. The largest absolute Gasteiger partial charge is 0.393 e. The van der Waals surface area contributed by atoms with Crippen LogP contribution < -0.4 is 5.32 Å². The fraction of sp³-hybridized carbons (Fsp3) is 0.636. The van der Waals surface area contributed by atoms with E-state index in [2.05, 4.69) is 36.7 Å². The van der Waals surface area contributed by atoms with Crippen LogP contribution >= 0.6 is 11.3 Å². The lowest BCUT2D eigenvalue weighted by molar-refractivity contribution is 0.168. The number of aliphatic hydroxyl groups excluding tert-OH is 1. The van der Waals surface area contributed by atoms with Crippen LogP contribution in [0.4, 0.5) is 0 Å². The highest BCUT2D eigenvalue weighted by molar-refractivity contribution is 7.10. The summed E-state index contributed by atoms with van der Waals surface area (Å²) in [6.45, 7) is 6.09. The third kappa shape index (κ3) is 3.78. The summed E-state index contributed by atoms with van der Waals surface area (Å²) in [7, 11) is 0. The Bertz CT molecular complexity index is 246. The fourth-order valence-electron chi connectivity index (χ4n) is 1.63. The van der Waals surface area contributed by atoms with Crippen molar-refractivity contribution in [2.24, 2.45) is 0 Å². The first-order valence-electron chi connectivity index (χ1n) is 5.07. The molecule has 0 aliphatic carbocycles. The Morgan fingerprint density at radius 3 is 2.64 bits per heavy atom. The van der Waals surface area contributed by atoms with Gasteiger partial charge >= 0.3 is 0 Å². The number of nitrogens with one attached hydrogen (secondary N) is 1. The van der Waals surface area contributed by atoms with E-state index in [1.54, 1.807) is 11.3 Å². The predicted molar refractivity (Wildman–Crippen MR) is 61.6 cm³/mol. The fourth-order valence-corrected chi connectivity index (χ4v) is 2.37. The first kappa shape index (κ1) is 11.7. The molecule has 0 spiro atoms. The first-order valence-corrected chi connectivity index (χ1v) is 5.95. The van der Waals surface area contributed by atoms with Crippen molar-refractivity contribution in [3.8, 4) is 0 Å². The molecule has 0 amide bonds. The number of hydrogen-bond donors (Lipinski definition) is 2. The number of thiophene rings is 1. The molecule has 1 heterocycles. The van der Waals surface area contributed by atoms with Gasteiger partial charge in [0.25, 0.3) is 0 Å². The molecule has 0 radical (unpaired) electrons. The van der Waals surface area contributed by atoms with E-state index < -0.39 is 0 Å². The monoisotopic (exact) mass is 213 g/mol. The average Bonchev–Trinajstić information content (AvgIpc) is 2.53. The Morgan fingerprint density at radius 2 is 2.14 bits per heavy atom. The zero-order valence-corrected chi connectivity index (χ0v) is 9.84. The highest BCUT2D eigenvalue weighted by atomic mass is 32.1. The highest BCUT2D eigenvalue weighted by Gasteiger charge is 2.11. The van der Waals surface area contributed by atoms with E-state index in [0.717, 1.165) is 6.42 Å². The highest BCUT2D eigenvalue weighted by Crippen LogP contribution is 2.19. The number of rotatable bonds is 5. The normalized spacial score (nSPS) is 17.7. The third-order valence-corrected chi connectivity index (χ3v) is 3.25. The standard InChI is InChI=1S/C11H19NOS/c1-8(7-9(2)13)12-10(3)11-5-4-6-14-11/h4-6,8-10,12-13H,7H2,1-3H3. The molecule has 80 valence electrons. The van der Waals surface area contributed by atoms with Gasteiger partial charge in [0, 0.05) is 17.0 Å². The van der Waals surface area contributed by atoms with Crippen molar-refractivity contribution in [2.45, 2.75) is 45.4 Å². The van der Waals surface area contributed by atoms with Crippen LogP contribution in [0.1, 0.15) is 38.1 Å². The van der Waals surface area contributed by atoms with Crippen LogP contribution in [0.25, 0.3) is 0 Å². The molecule has 0 aliphatic rings. The third-order valence-electron chi connectivity index (χ3n) is 2.20. The van der Waals surface area contributed by atoms with Gasteiger partial charge in [0.15, 0.2) is 0 Å². The summed E-state index contributed by atoms with van der Waals surface area (Å²) in [6.07, 6.45) is 0.573. The van der Waals surface area contributed by atoms with Gasteiger partial charge in [-0.3, -0.25) is 0 Å². The summed E-state index contributed by atoms with van der Waals surface area (Å²) in [4.78, 5) is 1.35. The summed E-state index contributed by atoms with van der Waals surface area (Å²) in [5, 5.41) is 14.8. The van der Waals surface area contributed by atoms with E-state index in [9.17, 15) is 5.11 Å². The van der Waals surface area contributed by atoms with Crippen molar-refractivity contribution in [1.82, 2.24) is 5.32 Å². The molecule has 14 heavy (non-hydrogen) atoms. The molecular weight excluding hydrogens is 194 g/mol. The second-order valence-electron chi connectivity index (χ2n) is 3.89. The minimum Gasteiger partial charge on any atom is -0.393 e. The quantitative estimate of drug-likeness (QED) is 0.788. The maximum absolute atomic E-state index is 9.23. The van der Waals surface area contributed by atoms with Crippen LogP contribution in [0.3, 0.4) is 0 Å². The van der Waals surface area contributed by atoms with Gasteiger partial charge in [0.05, 0.1) is 6.10 Å². The van der Waals surface area contributed by atoms with E-state index >= 15 is 0 Å². The Kier molecular flexibility index (Phi) is 4.58. The predicted octanol–water partition coefficient (Wildman–Crippen LogP) is 2.56. The van der Waals surface area contributed by atoms with E-state index in [1.165, 1.54) is 4.88 Å². The van der Waals surface area contributed by atoms with Gasteiger partial charge in [0.2, 0.25) is 0 Å². The molecule has 3 unspecified atom stereocenters. The van der Waals surface area contributed by atoms with E-state index in [4.69, 9.17) is 0 Å². The van der Waals surface area contributed by atoms with Crippen molar-refractivity contribution < 1.29 is 5.11 Å². The topological polar surface area (TPSA) is 32.3 Å². The molecule has 0 saturated heterocycles. The lowest BCUT2D eigenvalue weighted by atomic mass is 10.1. The molecule has 0 aliphatic heterocycles. The average molecular weight is 213 g/mol. The zero-order chi connectivity index (χ0) is 10.6. The molecule has 1 rings (SSSR count). The van der Waals surface area contributed by atoms with Crippen molar-refractivity contribution in [2.75, 3.05) is 0 Å². The minimum absolute atomic E-state index is 0.229. The number of aliphatic hydroxyl groups is 1. The molecule has 0 bridgehead atoms. The molecule has 2 N–H and O–H groups in total. The molecule has 1 aromatic rings. The van der Waals surface area contributed by atoms with Gasteiger partial charge in [-0.05, 0) is 38.6 Å². The maximum atomic E-state index is 9.23. The molecule has 2 nitrogen and oxygen atoms in total. The number of hydrogen-bond acceptors (Lipinski definition) is 3. The maximum Gasteiger partial charge on any atom is 0.0526 e. The molecule has 0 fully saturated rings. The molecule has 0 aromatic carbocycles. The van der Waals surface area contributed by atoms with Gasteiger partial charge in [0.1, 0.15) is 0 Å². The molecule has 0 saturated carbocycles. The molecule has 1 aromatic heterocycles. The van der Waals surface area contributed by atoms with Gasteiger partial charge in [-0.15, -0.1) is 11.3 Å². The van der Waals surface area contributed by atoms with Crippen LogP contribution in [-0.2, 0) is 0 Å². The van der Waals surface area contributed by atoms with E-state index in [0.29, 0.717) is 12.1 Å². The minimum atomic E-state index is -0.229. The van der Waals surface area contributed by atoms with Crippen molar-refractivity contribution >= 4 is 11.3 Å². The van der Waals surface area contributed by atoms with Crippen LogP contribution in [0.2, 0.25) is 0 Å². The summed E-state index contributed by atoms with van der Waals surface area (Å²) in [5.74, 6) is 0. The smallest absolute Gasteiger partial charge is 0.0526 e. The van der Waals surface area contributed by atoms with Crippen molar-refractivity contribution in [1.29, 1.82) is 0 Å². The summed E-state index contributed by atoms with van der Waals surface area (Å²) in [6, 6.07) is 4.94. The van der Waals surface area contributed by atoms with Gasteiger partial charge in [-0.2, -0.15) is 0 Å². The van der Waals surface area contributed by atoms with Crippen LogP contribution in [-0.4, -0.2) is 17.3 Å². The summed E-state index contributed by atoms with van der Waals surface area (Å²) >= 11 is 1.77. The van der Waals surface area contributed by atoms with E-state index in [-0.39, 0.29) is 6.10 Å². The Balaban J connectivity index is 2.37. The van der Waals surface area contributed by atoms with Crippen LogP contribution in [0.15, 0.2) is 17.5 Å². The van der Waals surface area contributed by atoms with Crippen molar-refractivity contribution in [3.05, 3.63) is 22.4 Å². The second-order valence-corrected chi connectivity index (χ2v) is 4.87. The molecule has 3 heteroatoms. The Labute approximate surface area is 90.0 Å². The van der Waals surface area contributed by atoms with Gasteiger partial charge in [-0.25, -0.2) is 0 Å². The SMILES string of the molecule is CC(O)CC(C)NC(C)c1cccs1. The second kappa shape index (κ2) is 5.49. The van der Waals surface area contributed by atoms with Crippen LogP contribution in [0.5, 0.6) is 0 Å². The summed E-state index contributed by atoms with van der Waals surface area (Å²) in [5.41, 5.74) is 0. The summed E-state index contributed by atoms with van der Waals surface area (Å²) < 4.78 is 0. The Hall–Kier alpha value is -0.380.